The van der Waals surface area contributed by atoms with Gasteiger partial charge >= 0.3 is 0 Å². The molecule has 32 heavy (non-hydrogen) atoms. The first-order valence-corrected chi connectivity index (χ1v) is 11.5. The second-order valence-electron chi connectivity index (χ2n) is 8.00. The van der Waals surface area contributed by atoms with Gasteiger partial charge in [-0.1, -0.05) is 15.9 Å². The molecule has 0 spiro atoms. The summed E-state index contributed by atoms with van der Waals surface area (Å²) in [4.78, 5) is 24.6. The Hall–Kier alpha value is -3.13. The number of aromatic nitrogens is 3. The van der Waals surface area contributed by atoms with Crippen LogP contribution in [-0.2, 0) is 11.3 Å². The Morgan fingerprint density at radius 2 is 2.12 bits per heavy atom. The van der Waals surface area contributed by atoms with Crippen molar-refractivity contribution in [1.29, 1.82) is 0 Å². The lowest BCUT2D eigenvalue weighted by atomic mass is 9.97. The highest BCUT2D eigenvalue weighted by Gasteiger charge is 2.28. The molecule has 0 bridgehead atoms. The molecule has 1 fully saturated rings. The molecule has 0 unspecified atom stereocenters. The number of benzene rings is 1. The smallest absolute Gasteiger partial charge is 0.225 e. The average Bonchev–Trinajstić information content (AvgIpc) is 3.32. The summed E-state index contributed by atoms with van der Waals surface area (Å²) in [7, 11) is 1.64. The third-order valence-corrected chi connectivity index (χ3v) is 6.50. The summed E-state index contributed by atoms with van der Waals surface area (Å²) in [5.74, 6) is 1.61. The number of halogens is 1. The molecule has 8 heteroatoms. The van der Waals surface area contributed by atoms with E-state index in [-0.39, 0.29) is 11.8 Å². The molecule has 0 saturated carbocycles. The van der Waals surface area contributed by atoms with Crippen LogP contribution in [0.5, 0.6) is 5.75 Å². The highest BCUT2D eigenvalue weighted by molar-refractivity contribution is 9.10. The highest BCUT2D eigenvalue weighted by atomic mass is 79.9. The van der Waals surface area contributed by atoms with Crippen LogP contribution in [0.1, 0.15) is 18.4 Å². The third kappa shape index (κ3) is 3.90. The standard InChI is InChI=1S/C24H24BrN5O2/c1-32-21-9-8-18(25)13-17(21)14-27-24(31)16-5-3-11-29(15-16)23-20-7-4-12-30(20)19-6-2-10-26-22(19)28-23/h2,4,6-10,12-13,16H,3,5,11,14-15H2,1H3,(H,27,31)/t16-/m1/s1. The molecule has 0 radical (unpaired) electrons. The SMILES string of the molecule is COc1ccc(Br)cc1CNC(=O)[C@@H]1CCCN(c2nc3ncccc3n3cccc23)C1. The number of hydrogen-bond acceptors (Lipinski definition) is 5. The van der Waals surface area contributed by atoms with Gasteiger partial charge in [0.15, 0.2) is 11.5 Å². The average molecular weight is 494 g/mol. The molecule has 0 aliphatic carbocycles. The molecule has 1 saturated heterocycles. The molecule has 1 N–H and O–H groups in total. The maximum Gasteiger partial charge on any atom is 0.225 e. The molecule has 1 aromatic carbocycles. The van der Waals surface area contributed by atoms with E-state index in [1.165, 1.54) is 0 Å². The molecule has 1 aliphatic heterocycles. The Morgan fingerprint density at radius 3 is 3.00 bits per heavy atom. The van der Waals surface area contributed by atoms with Gasteiger partial charge in [-0.2, -0.15) is 0 Å². The number of methoxy groups -OCH3 is 1. The van der Waals surface area contributed by atoms with Crippen LogP contribution in [0.3, 0.4) is 0 Å². The number of carbonyl (C=O) groups excluding carboxylic acids is 1. The van der Waals surface area contributed by atoms with Gasteiger partial charge in [0.2, 0.25) is 5.91 Å². The molecule has 164 valence electrons. The number of nitrogens with one attached hydrogen (secondary N) is 1. The minimum absolute atomic E-state index is 0.0574. The molecule has 4 heterocycles. The van der Waals surface area contributed by atoms with E-state index in [1.807, 2.05) is 42.6 Å². The van der Waals surface area contributed by atoms with Gasteiger partial charge in [-0.3, -0.25) is 4.79 Å². The van der Waals surface area contributed by atoms with Crippen LogP contribution in [0.4, 0.5) is 5.82 Å². The molecule has 3 aromatic heterocycles. The van der Waals surface area contributed by atoms with Gasteiger partial charge in [0.05, 0.1) is 24.1 Å². The second kappa shape index (κ2) is 8.78. The van der Waals surface area contributed by atoms with E-state index < -0.39 is 0 Å². The molecule has 4 aromatic rings. The second-order valence-corrected chi connectivity index (χ2v) is 8.92. The molecule has 1 aliphatic rings. The fraction of sp³-hybridized carbons (Fsp3) is 0.292. The summed E-state index contributed by atoms with van der Waals surface area (Å²) in [5.41, 5.74) is 3.66. The van der Waals surface area contributed by atoms with Gasteiger partial charge in [0.25, 0.3) is 0 Å². The number of carbonyl (C=O) groups is 1. The van der Waals surface area contributed by atoms with Crippen molar-refractivity contribution >= 4 is 44.3 Å². The van der Waals surface area contributed by atoms with E-state index in [0.29, 0.717) is 18.7 Å². The van der Waals surface area contributed by atoms with Crippen LogP contribution in [0.15, 0.2) is 59.3 Å². The van der Waals surface area contributed by atoms with Crippen molar-refractivity contribution in [3.63, 3.8) is 0 Å². The van der Waals surface area contributed by atoms with Gasteiger partial charge in [0.1, 0.15) is 5.75 Å². The number of fused-ring (bicyclic) bond motifs is 3. The fourth-order valence-electron chi connectivity index (χ4n) is 4.42. The van der Waals surface area contributed by atoms with Crippen molar-refractivity contribution in [3.8, 4) is 5.75 Å². The Morgan fingerprint density at radius 1 is 1.25 bits per heavy atom. The van der Waals surface area contributed by atoms with Gasteiger partial charge in [-0.05, 0) is 55.3 Å². The van der Waals surface area contributed by atoms with Crippen LogP contribution >= 0.6 is 15.9 Å². The predicted molar refractivity (Wildman–Crippen MR) is 128 cm³/mol. The number of anilines is 1. The van der Waals surface area contributed by atoms with Crippen molar-refractivity contribution in [1.82, 2.24) is 19.7 Å². The lowest BCUT2D eigenvalue weighted by Crippen LogP contribution is -2.43. The Kier molecular flexibility index (Phi) is 5.70. The Bertz CT molecular complexity index is 1290. The summed E-state index contributed by atoms with van der Waals surface area (Å²) in [6.45, 7) is 1.93. The zero-order valence-electron chi connectivity index (χ0n) is 17.8. The van der Waals surface area contributed by atoms with E-state index in [4.69, 9.17) is 9.72 Å². The minimum Gasteiger partial charge on any atom is -0.496 e. The zero-order valence-corrected chi connectivity index (χ0v) is 19.4. The summed E-state index contributed by atoms with van der Waals surface area (Å²) < 4.78 is 8.50. The molecular weight excluding hydrogens is 470 g/mol. The van der Waals surface area contributed by atoms with Crippen molar-refractivity contribution < 1.29 is 9.53 Å². The van der Waals surface area contributed by atoms with Crippen molar-refractivity contribution in [2.75, 3.05) is 25.1 Å². The van der Waals surface area contributed by atoms with E-state index in [2.05, 4.69) is 41.6 Å². The van der Waals surface area contributed by atoms with E-state index in [9.17, 15) is 4.79 Å². The first kappa shape index (κ1) is 20.8. The largest absolute Gasteiger partial charge is 0.496 e. The van der Waals surface area contributed by atoms with Crippen molar-refractivity contribution in [3.05, 3.63) is 64.9 Å². The van der Waals surface area contributed by atoms with Crippen LogP contribution in [0, 0.1) is 5.92 Å². The molecule has 5 rings (SSSR count). The minimum atomic E-state index is -0.0989. The highest BCUT2D eigenvalue weighted by Crippen LogP contribution is 2.29. The molecule has 1 atom stereocenters. The fourth-order valence-corrected chi connectivity index (χ4v) is 4.83. The molecular formula is C24H24BrN5O2. The van der Waals surface area contributed by atoms with Crippen LogP contribution in [0.2, 0.25) is 0 Å². The van der Waals surface area contributed by atoms with Crippen LogP contribution in [-0.4, -0.2) is 40.5 Å². The quantitative estimate of drug-likeness (QED) is 0.451. The number of ether oxygens (including phenoxy) is 1. The number of rotatable bonds is 5. The monoisotopic (exact) mass is 493 g/mol. The predicted octanol–water partition coefficient (Wildman–Crippen LogP) is 4.19. The first-order chi connectivity index (χ1) is 15.6. The zero-order chi connectivity index (χ0) is 22.1. The Labute approximate surface area is 194 Å². The van der Waals surface area contributed by atoms with Crippen molar-refractivity contribution in [2.24, 2.45) is 5.92 Å². The lowest BCUT2D eigenvalue weighted by Gasteiger charge is -2.33. The summed E-state index contributed by atoms with van der Waals surface area (Å²) in [5, 5.41) is 3.10. The number of nitrogens with zero attached hydrogens (tertiary/aromatic N) is 4. The number of hydrogen-bond donors (Lipinski definition) is 1. The molecule has 1 amide bonds. The normalized spacial score (nSPS) is 16.4. The third-order valence-electron chi connectivity index (χ3n) is 6.00. The summed E-state index contributed by atoms with van der Waals surface area (Å²) >= 11 is 3.49. The number of pyridine rings is 1. The number of amides is 1. The molecule has 7 nitrogen and oxygen atoms in total. The van der Waals surface area contributed by atoms with E-state index >= 15 is 0 Å². The Balaban J connectivity index is 1.35. The van der Waals surface area contributed by atoms with Crippen molar-refractivity contribution in [2.45, 2.75) is 19.4 Å². The maximum atomic E-state index is 13.0. The topological polar surface area (TPSA) is 71.8 Å². The van der Waals surface area contributed by atoms with Gasteiger partial charge in [-0.25, -0.2) is 9.97 Å². The van der Waals surface area contributed by atoms with Gasteiger partial charge in [-0.15, -0.1) is 0 Å². The lowest BCUT2D eigenvalue weighted by molar-refractivity contribution is -0.125. The summed E-state index contributed by atoms with van der Waals surface area (Å²) in [6, 6.07) is 13.8. The van der Waals surface area contributed by atoms with Crippen LogP contribution in [0.25, 0.3) is 16.7 Å². The van der Waals surface area contributed by atoms with Gasteiger partial charge in [0, 0.05) is 42.1 Å². The van der Waals surface area contributed by atoms with Crippen LogP contribution < -0.4 is 15.0 Å². The van der Waals surface area contributed by atoms with E-state index in [1.54, 1.807) is 13.3 Å². The van der Waals surface area contributed by atoms with Gasteiger partial charge < -0.3 is 19.4 Å². The summed E-state index contributed by atoms with van der Waals surface area (Å²) in [6.07, 6.45) is 5.59. The first-order valence-electron chi connectivity index (χ1n) is 10.7. The number of piperidine rings is 1. The van der Waals surface area contributed by atoms with E-state index in [0.717, 1.165) is 52.0 Å². The maximum absolute atomic E-state index is 13.0.